The molecule has 19 nitrogen and oxygen atoms in total. The highest BCUT2D eigenvalue weighted by molar-refractivity contribution is 6.39. The summed E-state index contributed by atoms with van der Waals surface area (Å²) in [6.45, 7) is 13.5. The number of aliphatic hydroxyl groups is 1. The van der Waals surface area contributed by atoms with Gasteiger partial charge in [-0.2, -0.15) is 0 Å². The summed E-state index contributed by atoms with van der Waals surface area (Å²) in [6, 6.07) is 3.95. The van der Waals surface area contributed by atoms with Crippen LogP contribution in [0.25, 0.3) is 0 Å². The molecule has 1 aromatic rings. The molecule has 1 aromatic carbocycles. The molecule has 16 atom stereocenters. The van der Waals surface area contributed by atoms with E-state index in [1.165, 1.54) is 43.4 Å². The van der Waals surface area contributed by atoms with Crippen molar-refractivity contribution in [3.8, 4) is 5.75 Å². The van der Waals surface area contributed by atoms with Gasteiger partial charge in [0.2, 0.25) is 5.79 Å². The third-order valence-corrected chi connectivity index (χ3v) is 16.6. The molecule has 440 valence electrons. The Morgan fingerprint density at radius 3 is 2.14 bits per heavy atom. The maximum Gasteiger partial charge on any atom is 0.514 e. The number of hydrogen-bond acceptors (Lipinski definition) is 17. The lowest BCUT2D eigenvalue weighted by Crippen LogP contribution is -2.61. The molecule has 4 aliphatic rings. The molecule has 79 heavy (non-hydrogen) atoms. The molecule has 3 fully saturated rings. The quantitative estimate of drug-likeness (QED) is 0.0542. The lowest BCUT2D eigenvalue weighted by Gasteiger charge is -2.43. The maximum absolute atomic E-state index is 14.8. The lowest BCUT2D eigenvalue weighted by atomic mass is 9.78. The number of non-ortho nitro benzene ring substituents is 1. The number of ketones is 2. The number of carbonyl (C=O) groups is 5. The van der Waals surface area contributed by atoms with Crippen LogP contribution in [0.3, 0.4) is 0 Å². The van der Waals surface area contributed by atoms with E-state index < -0.39 is 95.3 Å². The molecule has 3 unspecified atom stereocenters. The van der Waals surface area contributed by atoms with E-state index in [0.717, 1.165) is 11.1 Å². The number of carbonyl (C=O) groups excluding carboxylic acids is 5. The first-order valence-corrected chi connectivity index (χ1v) is 28.1. The van der Waals surface area contributed by atoms with Gasteiger partial charge in [0.1, 0.15) is 36.2 Å². The predicted molar refractivity (Wildman–Crippen MR) is 294 cm³/mol. The van der Waals surface area contributed by atoms with E-state index >= 15 is 0 Å². The molecule has 1 saturated carbocycles. The van der Waals surface area contributed by atoms with Crippen molar-refractivity contribution in [1.82, 2.24) is 4.90 Å². The van der Waals surface area contributed by atoms with E-state index in [1.807, 2.05) is 71.1 Å². The second kappa shape index (κ2) is 30.6. The van der Waals surface area contributed by atoms with Gasteiger partial charge in [-0.3, -0.25) is 24.5 Å². The largest absolute Gasteiger partial charge is 0.514 e. The third kappa shape index (κ3) is 17.4. The average Bonchev–Trinajstić information content (AvgIpc) is 3.47. The summed E-state index contributed by atoms with van der Waals surface area (Å²) in [5, 5.41) is 23.2. The molecule has 0 spiro atoms. The first kappa shape index (κ1) is 64.7. The van der Waals surface area contributed by atoms with Crippen LogP contribution in [0.1, 0.15) is 126 Å². The van der Waals surface area contributed by atoms with Crippen LogP contribution in [0.4, 0.5) is 10.5 Å². The van der Waals surface area contributed by atoms with Gasteiger partial charge in [-0.05, 0) is 119 Å². The lowest BCUT2D eigenvalue weighted by molar-refractivity contribution is -0.384. The molecule has 0 radical (unpaired) electrons. The minimum atomic E-state index is -2.44. The van der Waals surface area contributed by atoms with Crippen molar-refractivity contribution in [2.75, 3.05) is 42.1 Å². The van der Waals surface area contributed by atoms with Gasteiger partial charge in [-0.15, -0.1) is 0 Å². The summed E-state index contributed by atoms with van der Waals surface area (Å²) in [5.74, 6) is -6.89. The summed E-state index contributed by atoms with van der Waals surface area (Å²) in [7, 11) is 7.75. The average molecular weight is 1110 g/mol. The zero-order valence-electron chi connectivity index (χ0n) is 48.5. The molecular formula is C60H88N2O17. The van der Waals surface area contributed by atoms with E-state index in [1.54, 1.807) is 28.3 Å². The van der Waals surface area contributed by atoms with E-state index in [4.69, 9.17) is 42.6 Å². The number of benzene rings is 1. The van der Waals surface area contributed by atoms with Crippen LogP contribution in [0, 0.1) is 45.6 Å². The standard InChI is InChI=1S/C60H88N2O17/c1-36-18-14-13-15-19-37(2)49(71-8)34-46-25-21-42(7)60(68,79-46)56(64)57(65)61-29-17-16-20-47(61)58(66)77-51(35-50(72-9)38(3)31-41(6)54(74-11)55(75-12)53(63)40(5)30-36)39(4)32-43-22-28-48(52(33-43)73-10)78-59(67)76-45-26-23-44(24-27-45)62(69)70/h13-15,18-19,23-24,26-27,31,36,38-40,42-43,46-52,54-55,68H,16-17,20-22,25,28-30,32-35H2,1-12H3/b15-13+,18-14+,37-19+,41-31+/t36-,38-,39-,40-,42-,43+,46+,47+,48-,49?,50?,51+,52-,54?,55+,60-/m1/s1. The number of ether oxygens (including phenoxy) is 9. The molecule has 2 saturated heterocycles. The number of hydrogen-bond donors (Lipinski definition) is 1. The first-order valence-electron chi connectivity index (χ1n) is 28.1. The first-order chi connectivity index (χ1) is 37.6. The molecule has 3 heterocycles. The fourth-order valence-corrected chi connectivity index (χ4v) is 11.9. The molecule has 1 amide bonds. The fourth-order valence-electron chi connectivity index (χ4n) is 11.9. The third-order valence-electron chi connectivity index (χ3n) is 16.6. The highest BCUT2D eigenvalue weighted by Crippen LogP contribution is 2.39. The minimum absolute atomic E-state index is 0.0233. The Kier molecular flexibility index (Phi) is 25.1. The number of nitrogens with zero attached hydrogens (tertiary/aromatic N) is 2. The van der Waals surface area contributed by atoms with Crippen molar-refractivity contribution in [3.63, 3.8) is 0 Å². The zero-order valence-corrected chi connectivity index (χ0v) is 48.5. The van der Waals surface area contributed by atoms with Gasteiger partial charge >= 0.3 is 12.1 Å². The van der Waals surface area contributed by atoms with Crippen molar-refractivity contribution in [2.24, 2.45) is 35.5 Å². The van der Waals surface area contributed by atoms with Crippen LogP contribution in [0.5, 0.6) is 5.75 Å². The van der Waals surface area contributed by atoms with E-state index in [2.05, 4.69) is 6.92 Å². The highest BCUT2D eigenvalue weighted by Gasteiger charge is 2.53. The molecule has 1 aliphatic carbocycles. The summed E-state index contributed by atoms with van der Waals surface area (Å²) in [5.41, 5.74) is 1.48. The van der Waals surface area contributed by atoms with Gasteiger partial charge in [0.15, 0.2) is 5.78 Å². The second-order valence-electron chi connectivity index (χ2n) is 22.4. The Balaban J connectivity index is 1.45. The molecule has 2 bridgehead atoms. The number of fused-ring (bicyclic) bond motifs is 3. The highest BCUT2D eigenvalue weighted by atomic mass is 16.7. The predicted octanol–water partition coefficient (Wildman–Crippen LogP) is 9.41. The summed E-state index contributed by atoms with van der Waals surface area (Å²) < 4.78 is 53.6. The number of piperidine rings is 1. The van der Waals surface area contributed by atoms with E-state index in [-0.39, 0.29) is 66.2 Å². The number of cyclic esters (lactones) is 1. The van der Waals surface area contributed by atoms with Crippen LogP contribution in [-0.4, -0.2) is 147 Å². The Morgan fingerprint density at radius 1 is 0.797 bits per heavy atom. The zero-order chi connectivity index (χ0) is 58.1. The molecular weight excluding hydrogens is 1020 g/mol. The molecule has 5 rings (SSSR count). The number of nitro benzene ring substituents is 1. The smallest absolute Gasteiger partial charge is 0.460 e. The SMILES string of the molecule is COC1C[C@@H]2CC[C@@H](C)[C@@](O)(O2)C(=O)C(=O)N2CCCC[C@H]2C(=O)O[C@H]([C@H](C)C[C@@H]2CC[C@@H](OC(=O)Oc3ccc([N+](=O)[O-])cc3)[C@H](OC)C2)CC(OC)[C@H](C)/C=C(\C)C(OC)[C@@H](OC)C(=O)[C@H](C)C[C@H](C)/C=C/C=C/C=C/1C. The fraction of sp³-hybridized carbons (Fsp3) is 0.683. The Hall–Kier alpha value is -5.15. The van der Waals surface area contributed by atoms with E-state index in [0.29, 0.717) is 64.2 Å². The van der Waals surface area contributed by atoms with Crippen LogP contribution in [0.15, 0.2) is 71.9 Å². The van der Waals surface area contributed by atoms with Gasteiger partial charge < -0.3 is 52.6 Å². The van der Waals surface area contributed by atoms with Crippen molar-refractivity contribution >= 4 is 35.3 Å². The van der Waals surface area contributed by atoms with Gasteiger partial charge in [0.05, 0.1) is 29.3 Å². The monoisotopic (exact) mass is 1110 g/mol. The van der Waals surface area contributed by atoms with Crippen molar-refractivity contribution in [3.05, 3.63) is 82.0 Å². The molecule has 3 aliphatic heterocycles. The number of amides is 1. The number of rotatable bonds is 11. The van der Waals surface area contributed by atoms with Crippen molar-refractivity contribution < 1.29 is 76.6 Å². The topological polar surface area (TPSA) is 235 Å². The van der Waals surface area contributed by atoms with Crippen molar-refractivity contribution in [2.45, 2.75) is 186 Å². The van der Waals surface area contributed by atoms with Crippen LogP contribution in [0.2, 0.25) is 0 Å². The number of Topliss-reactive ketones (excluding diaryl/α,β-unsaturated/α-hetero) is 2. The summed E-state index contributed by atoms with van der Waals surface area (Å²) in [6.07, 6.45) is 11.1. The Morgan fingerprint density at radius 2 is 1.49 bits per heavy atom. The summed E-state index contributed by atoms with van der Waals surface area (Å²) >= 11 is 0. The Bertz CT molecular complexity index is 2330. The van der Waals surface area contributed by atoms with E-state index in [9.17, 15) is 39.2 Å². The maximum atomic E-state index is 14.8. The van der Waals surface area contributed by atoms with Gasteiger partial charge in [0.25, 0.3) is 17.4 Å². The van der Waals surface area contributed by atoms with Gasteiger partial charge in [-0.1, -0.05) is 71.1 Å². The van der Waals surface area contributed by atoms with Gasteiger partial charge in [-0.25, -0.2) is 9.59 Å². The van der Waals surface area contributed by atoms with Crippen LogP contribution < -0.4 is 4.74 Å². The number of methoxy groups -OCH3 is 5. The summed E-state index contributed by atoms with van der Waals surface area (Å²) in [4.78, 5) is 82.6. The number of allylic oxidation sites excluding steroid dienone is 5. The number of esters is 1. The molecule has 0 aromatic heterocycles. The second-order valence-corrected chi connectivity index (χ2v) is 22.4. The molecule has 1 N–H and O–H groups in total. The molecule has 19 heteroatoms. The van der Waals surface area contributed by atoms with Crippen LogP contribution in [-0.2, 0) is 57.1 Å². The van der Waals surface area contributed by atoms with Crippen molar-refractivity contribution in [1.29, 1.82) is 0 Å². The van der Waals surface area contributed by atoms with Gasteiger partial charge in [0, 0.05) is 84.8 Å². The number of nitro groups is 1. The van der Waals surface area contributed by atoms with Crippen LogP contribution >= 0.6 is 0 Å². The normalized spacial score (nSPS) is 36.0. The Labute approximate surface area is 466 Å². The minimum Gasteiger partial charge on any atom is -0.460 e.